The lowest BCUT2D eigenvalue weighted by molar-refractivity contribution is 0.462. The molecule has 1 aromatic carbocycles. The van der Waals surface area contributed by atoms with Gasteiger partial charge in [-0.25, -0.2) is 0 Å². The summed E-state index contributed by atoms with van der Waals surface area (Å²) in [6, 6.07) is 13.0. The highest BCUT2D eigenvalue weighted by atomic mass is 35.5. The van der Waals surface area contributed by atoms with Crippen molar-refractivity contribution < 1.29 is 0 Å². The van der Waals surface area contributed by atoms with Crippen LogP contribution in [-0.2, 0) is 0 Å². The molecule has 0 bridgehead atoms. The van der Waals surface area contributed by atoms with E-state index in [0.717, 1.165) is 17.0 Å². The summed E-state index contributed by atoms with van der Waals surface area (Å²) in [5.41, 5.74) is 1.16. The molecule has 96 valence electrons. The van der Waals surface area contributed by atoms with Gasteiger partial charge in [-0.05, 0) is 36.4 Å². The second kappa shape index (κ2) is 6.37. The van der Waals surface area contributed by atoms with Gasteiger partial charge >= 0.3 is 0 Å². The van der Waals surface area contributed by atoms with E-state index in [0.29, 0.717) is 6.04 Å². The monoisotopic (exact) mass is 279 g/mol. The van der Waals surface area contributed by atoms with Crippen LogP contribution in [0.2, 0.25) is 5.02 Å². The van der Waals surface area contributed by atoms with Gasteiger partial charge in [-0.3, -0.25) is 0 Å². The first-order valence-corrected chi connectivity index (χ1v) is 7.52. The Morgan fingerprint density at radius 3 is 2.61 bits per heavy atom. The SMILES string of the molecule is CCC(N[C@@H](C)c1ccccc1Cl)c1cccs1. The van der Waals surface area contributed by atoms with Crippen LogP contribution in [0.3, 0.4) is 0 Å². The Kier molecular flexibility index (Phi) is 4.81. The van der Waals surface area contributed by atoms with Crippen molar-refractivity contribution >= 4 is 22.9 Å². The number of benzene rings is 1. The molecule has 0 radical (unpaired) electrons. The molecule has 1 heterocycles. The summed E-state index contributed by atoms with van der Waals surface area (Å²) in [4.78, 5) is 1.39. The maximum atomic E-state index is 6.23. The van der Waals surface area contributed by atoms with Gasteiger partial charge < -0.3 is 5.32 Å². The predicted octanol–water partition coefficient (Wildman–Crippen LogP) is 5.20. The minimum absolute atomic E-state index is 0.255. The first-order chi connectivity index (χ1) is 8.72. The van der Waals surface area contributed by atoms with E-state index < -0.39 is 0 Å². The van der Waals surface area contributed by atoms with Gasteiger partial charge in [0.2, 0.25) is 0 Å². The maximum Gasteiger partial charge on any atom is 0.0453 e. The molecule has 0 saturated carbocycles. The zero-order valence-electron chi connectivity index (χ0n) is 10.7. The Labute approximate surface area is 118 Å². The van der Waals surface area contributed by atoms with Gasteiger partial charge in [0.15, 0.2) is 0 Å². The standard InChI is InChI=1S/C15H18ClNS/c1-3-14(15-9-6-10-18-15)17-11(2)12-7-4-5-8-13(12)16/h4-11,14,17H,3H2,1-2H3/t11-,14?/m0/s1. The zero-order valence-corrected chi connectivity index (χ0v) is 12.3. The molecular weight excluding hydrogens is 262 g/mol. The second-order valence-corrected chi connectivity index (χ2v) is 5.77. The van der Waals surface area contributed by atoms with Crippen LogP contribution in [0.15, 0.2) is 41.8 Å². The number of nitrogens with one attached hydrogen (secondary N) is 1. The molecule has 2 rings (SSSR count). The normalized spacial score (nSPS) is 14.4. The molecule has 0 saturated heterocycles. The van der Waals surface area contributed by atoms with Crippen LogP contribution in [0.25, 0.3) is 0 Å². The average molecular weight is 280 g/mol. The smallest absolute Gasteiger partial charge is 0.0453 e. The zero-order chi connectivity index (χ0) is 13.0. The van der Waals surface area contributed by atoms with Crippen LogP contribution >= 0.6 is 22.9 Å². The maximum absolute atomic E-state index is 6.23. The molecule has 18 heavy (non-hydrogen) atoms. The fraction of sp³-hybridized carbons (Fsp3) is 0.333. The minimum Gasteiger partial charge on any atom is -0.303 e. The number of halogens is 1. The molecule has 0 aliphatic heterocycles. The van der Waals surface area contributed by atoms with Crippen LogP contribution < -0.4 is 5.32 Å². The van der Waals surface area contributed by atoms with Crippen molar-refractivity contribution in [1.29, 1.82) is 0 Å². The summed E-state index contributed by atoms with van der Waals surface area (Å²) in [5.74, 6) is 0. The van der Waals surface area contributed by atoms with Gasteiger partial charge in [-0.15, -0.1) is 11.3 Å². The van der Waals surface area contributed by atoms with Crippen LogP contribution in [0.5, 0.6) is 0 Å². The van der Waals surface area contributed by atoms with Crippen molar-refractivity contribution in [3.8, 4) is 0 Å². The largest absolute Gasteiger partial charge is 0.303 e. The van der Waals surface area contributed by atoms with E-state index in [9.17, 15) is 0 Å². The summed E-state index contributed by atoms with van der Waals surface area (Å²) < 4.78 is 0. The van der Waals surface area contributed by atoms with Crippen LogP contribution in [0.4, 0.5) is 0 Å². The molecule has 1 nitrogen and oxygen atoms in total. The van der Waals surface area contributed by atoms with Crippen molar-refractivity contribution in [2.45, 2.75) is 32.4 Å². The summed E-state index contributed by atoms with van der Waals surface area (Å²) in [6.45, 7) is 4.37. The molecule has 1 N–H and O–H groups in total. The molecule has 2 atom stereocenters. The number of thiophene rings is 1. The lowest BCUT2D eigenvalue weighted by Gasteiger charge is -2.22. The van der Waals surface area contributed by atoms with Gasteiger partial charge in [0.1, 0.15) is 0 Å². The fourth-order valence-corrected chi connectivity index (χ4v) is 3.28. The highest BCUT2D eigenvalue weighted by Crippen LogP contribution is 2.28. The van der Waals surface area contributed by atoms with E-state index in [2.05, 4.69) is 42.7 Å². The first-order valence-electron chi connectivity index (χ1n) is 6.26. The van der Waals surface area contributed by atoms with Gasteiger partial charge in [0.05, 0.1) is 0 Å². The number of rotatable bonds is 5. The number of hydrogen-bond donors (Lipinski definition) is 1. The van der Waals surface area contributed by atoms with Crippen molar-refractivity contribution in [2.24, 2.45) is 0 Å². The summed E-state index contributed by atoms with van der Waals surface area (Å²) in [6.07, 6.45) is 1.08. The Bertz CT molecular complexity index is 481. The van der Waals surface area contributed by atoms with E-state index in [1.165, 1.54) is 4.88 Å². The van der Waals surface area contributed by atoms with Gasteiger partial charge in [0, 0.05) is 22.0 Å². The minimum atomic E-state index is 0.255. The Morgan fingerprint density at radius 2 is 2.00 bits per heavy atom. The van der Waals surface area contributed by atoms with Gasteiger partial charge in [-0.1, -0.05) is 42.8 Å². The molecule has 0 amide bonds. The molecule has 1 unspecified atom stereocenters. The topological polar surface area (TPSA) is 12.0 Å². The highest BCUT2D eigenvalue weighted by Gasteiger charge is 2.15. The van der Waals surface area contributed by atoms with E-state index >= 15 is 0 Å². The summed E-state index contributed by atoms with van der Waals surface area (Å²) in [5, 5.41) is 6.61. The first kappa shape index (κ1) is 13.6. The van der Waals surface area contributed by atoms with E-state index in [1.807, 2.05) is 18.2 Å². The van der Waals surface area contributed by atoms with Crippen molar-refractivity contribution in [2.75, 3.05) is 0 Å². The van der Waals surface area contributed by atoms with Gasteiger partial charge in [-0.2, -0.15) is 0 Å². The summed E-state index contributed by atoms with van der Waals surface area (Å²) >= 11 is 8.03. The highest BCUT2D eigenvalue weighted by molar-refractivity contribution is 7.10. The lowest BCUT2D eigenvalue weighted by atomic mass is 10.1. The Morgan fingerprint density at radius 1 is 1.22 bits per heavy atom. The number of hydrogen-bond acceptors (Lipinski definition) is 2. The Hall–Kier alpha value is -0.830. The molecule has 0 fully saturated rings. The third kappa shape index (κ3) is 3.14. The molecule has 1 aromatic heterocycles. The van der Waals surface area contributed by atoms with Gasteiger partial charge in [0.25, 0.3) is 0 Å². The molecule has 0 spiro atoms. The third-order valence-corrected chi connectivity index (χ3v) is 4.45. The molecule has 3 heteroatoms. The predicted molar refractivity (Wildman–Crippen MR) is 80.4 cm³/mol. The third-order valence-electron chi connectivity index (χ3n) is 3.12. The molecule has 0 aliphatic carbocycles. The summed E-state index contributed by atoms with van der Waals surface area (Å²) in [7, 11) is 0. The van der Waals surface area contributed by atoms with Crippen molar-refractivity contribution in [3.63, 3.8) is 0 Å². The van der Waals surface area contributed by atoms with E-state index in [-0.39, 0.29) is 6.04 Å². The quantitative estimate of drug-likeness (QED) is 0.793. The Balaban J connectivity index is 2.11. The van der Waals surface area contributed by atoms with E-state index in [1.54, 1.807) is 11.3 Å². The molecular formula is C15H18ClNS. The van der Waals surface area contributed by atoms with Crippen molar-refractivity contribution in [3.05, 3.63) is 57.2 Å². The van der Waals surface area contributed by atoms with Crippen LogP contribution in [0, 0.1) is 0 Å². The fourth-order valence-electron chi connectivity index (χ4n) is 2.11. The lowest BCUT2D eigenvalue weighted by Crippen LogP contribution is -2.23. The van der Waals surface area contributed by atoms with Crippen LogP contribution in [-0.4, -0.2) is 0 Å². The van der Waals surface area contributed by atoms with Crippen molar-refractivity contribution in [1.82, 2.24) is 5.32 Å². The van der Waals surface area contributed by atoms with Crippen LogP contribution in [0.1, 0.15) is 42.8 Å². The van der Waals surface area contributed by atoms with E-state index in [4.69, 9.17) is 11.6 Å². The molecule has 2 aromatic rings. The average Bonchev–Trinajstić information content (AvgIpc) is 2.90. The second-order valence-electron chi connectivity index (χ2n) is 4.39. The molecule has 0 aliphatic rings.